The first-order valence-electron chi connectivity index (χ1n) is 7.22. The van der Waals surface area contributed by atoms with Crippen LogP contribution < -0.4 is 4.74 Å². The minimum absolute atomic E-state index is 0.570. The van der Waals surface area contributed by atoms with Crippen LogP contribution in [0, 0.1) is 0 Å². The van der Waals surface area contributed by atoms with E-state index in [0.717, 1.165) is 34.8 Å². The summed E-state index contributed by atoms with van der Waals surface area (Å²) in [6, 6.07) is 18.1. The molecule has 4 heteroatoms. The number of ether oxygens (including phenoxy) is 1. The van der Waals surface area contributed by atoms with Crippen molar-refractivity contribution in [3.63, 3.8) is 0 Å². The molecule has 0 fully saturated rings. The molecule has 2 aromatic carbocycles. The second-order valence-corrected chi connectivity index (χ2v) is 5.36. The molecule has 0 radical (unpaired) electrons. The van der Waals surface area contributed by atoms with Crippen LogP contribution in [0.1, 0.15) is 11.3 Å². The zero-order chi connectivity index (χ0) is 15.2. The number of aryl methyl sites for hydroxylation is 1. The van der Waals surface area contributed by atoms with Gasteiger partial charge in [-0.15, -0.1) is 11.6 Å². The van der Waals surface area contributed by atoms with Crippen LogP contribution in [0.15, 0.2) is 60.8 Å². The van der Waals surface area contributed by atoms with Crippen LogP contribution in [-0.4, -0.2) is 15.8 Å². The van der Waals surface area contributed by atoms with E-state index in [9.17, 15) is 0 Å². The Labute approximate surface area is 134 Å². The van der Waals surface area contributed by atoms with E-state index < -0.39 is 0 Å². The summed E-state index contributed by atoms with van der Waals surface area (Å²) in [6.07, 6.45) is 2.67. The van der Waals surface area contributed by atoms with Crippen LogP contribution in [0.4, 0.5) is 0 Å². The molecule has 0 saturated carbocycles. The predicted molar refractivity (Wildman–Crippen MR) is 89.2 cm³/mol. The van der Waals surface area contributed by atoms with Gasteiger partial charge in [0.1, 0.15) is 18.2 Å². The van der Waals surface area contributed by atoms with E-state index in [1.54, 1.807) is 0 Å². The van der Waals surface area contributed by atoms with E-state index in [4.69, 9.17) is 16.3 Å². The second-order valence-electron chi connectivity index (χ2n) is 4.98. The molecule has 1 aromatic heterocycles. The number of benzene rings is 2. The quantitative estimate of drug-likeness (QED) is 0.683. The number of aromatic nitrogens is 2. The molecule has 22 heavy (non-hydrogen) atoms. The highest BCUT2D eigenvalue weighted by molar-refractivity contribution is 6.17. The molecule has 3 rings (SSSR count). The molecule has 1 N–H and O–H groups in total. The Morgan fingerprint density at radius 2 is 1.77 bits per heavy atom. The van der Waals surface area contributed by atoms with Gasteiger partial charge in [0, 0.05) is 24.1 Å². The third-order valence-electron chi connectivity index (χ3n) is 3.36. The summed E-state index contributed by atoms with van der Waals surface area (Å²) in [7, 11) is 0. The highest BCUT2D eigenvalue weighted by atomic mass is 35.5. The lowest BCUT2D eigenvalue weighted by atomic mass is 10.2. The fraction of sp³-hybridized carbons (Fsp3) is 0.167. The number of hydrogen-bond acceptors (Lipinski definition) is 2. The lowest BCUT2D eigenvalue weighted by Crippen LogP contribution is -1.94. The molecule has 3 nitrogen and oxygen atoms in total. The molecule has 0 unspecified atom stereocenters. The van der Waals surface area contributed by atoms with Gasteiger partial charge in [-0.05, 0) is 29.8 Å². The van der Waals surface area contributed by atoms with Crippen molar-refractivity contribution in [2.24, 2.45) is 0 Å². The van der Waals surface area contributed by atoms with Crippen molar-refractivity contribution in [1.29, 1.82) is 0 Å². The zero-order valence-electron chi connectivity index (χ0n) is 12.1. The van der Waals surface area contributed by atoms with Crippen molar-refractivity contribution in [3.05, 3.63) is 72.1 Å². The van der Waals surface area contributed by atoms with Gasteiger partial charge in [0.15, 0.2) is 0 Å². The van der Waals surface area contributed by atoms with Crippen molar-refractivity contribution in [3.8, 4) is 17.1 Å². The van der Waals surface area contributed by atoms with Crippen molar-refractivity contribution in [2.45, 2.75) is 13.0 Å². The third kappa shape index (κ3) is 3.68. The number of alkyl halides is 1. The number of H-pyrrole nitrogens is 1. The van der Waals surface area contributed by atoms with Gasteiger partial charge in [0.25, 0.3) is 0 Å². The number of hydrogen-bond donors (Lipinski definition) is 1. The van der Waals surface area contributed by atoms with Gasteiger partial charge in [-0.2, -0.15) is 0 Å². The number of nitrogens with zero attached hydrogens (tertiary/aromatic N) is 1. The lowest BCUT2D eigenvalue weighted by molar-refractivity contribution is 0.306. The Balaban J connectivity index is 1.64. The first kappa shape index (κ1) is 14.7. The van der Waals surface area contributed by atoms with Gasteiger partial charge >= 0.3 is 0 Å². The summed E-state index contributed by atoms with van der Waals surface area (Å²) in [5, 5.41) is 0. The molecule has 0 bridgehead atoms. The predicted octanol–water partition coefficient (Wildman–Crippen LogP) is 4.44. The van der Waals surface area contributed by atoms with Crippen molar-refractivity contribution >= 4 is 11.6 Å². The van der Waals surface area contributed by atoms with Crippen molar-refractivity contribution in [1.82, 2.24) is 9.97 Å². The Morgan fingerprint density at radius 1 is 1.00 bits per heavy atom. The van der Waals surface area contributed by atoms with Gasteiger partial charge < -0.3 is 9.72 Å². The molecular weight excluding hydrogens is 296 g/mol. The van der Waals surface area contributed by atoms with E-state index in [-0.39, 0.29) is 0 Å². The maximum atomic E-state index is 5.78. The van der Waals surface area contributed by atoms with Crippen LogP contribution in [-0.2, 0) is 13.0 Å². The zero-order valence-corrected chi connectivity index (χ0v) is 12.9. The molecule has 1 heterocycles. The van der Waals surface area contributed by atoms with Gasteiger partial charge in [-0.1, -0.05) is 30.3 Å². The number of halogens is 1. The molecule has 112 valence electrons. The highest BCUT2D eigenvalue weighted by Gasteiger charge is 2.04. The normalized spacial score (nSPS) is 10.6. The van der Waals surface area contributed by atoms with E-state index >= 15 is 0 Å². The van der Waals surface area contributed by atoms with Crippen LogP contribution in [0.2, 0.25) is 0 Å². The molecule has 3 aromatic rings. The molecule has 0 aliphatic carbocycles. The SMILES string of the molecule is ClCCc1c[nH]c(-c2ccc(OCc3ccccc3)cc2)n1. The lowest BCUT2D eigenvalue weighted by Gasteiger charge is -2.06. The topological polar surface area (TPSA) is 37.9 Å². The Morgan fingerprint density at radius 3 is 2.50 bits per heavy atom. The van der Waals surface area contributed by atoms with Crippen molar-refractivity contribution < 1.29 is 4.74 Å². The standard InChI is InChI=1S/C18H17ClN2O/c19-11-10-16-12-20-18(21-16)15-6-8-17(9-7-15)22-13-14-4-2-1-3-5-14/h1-9,12H,10-11,13H2,(H,20,21). The maximum absolute atomic E-state index is 5.78. The highest BCUT2D eigenvalue weighted by Crippen LogP contribution is 2.21. The smallest absolute Gasteiger partial charge is 0.137 e. The summed E-state index contributed by atoms with van der Waals surface area (Å²) in [5.41, 5.74) is 3.17. The largest absolute Gasteiger partial charge is 0.489 e. The van der Waals surface area contributed by atoms with E-state index in [1.807, 2.05) is 48.7 Å². The second kappa shape index (κ2) is 7.14. The van der Waals surface area contributed by atoms with Crippen molar-refractivity contribution in [2.75, 3.05) is 5.88 Å². The first-order valence-corrected chi connectivity index (χ1v) is 7.76. The average Bonchev–Trinajstić information content (AvgIpc) is 3.03. The summed E-state index contributed by atoms with van der Waals surface area (Å²) < 4.78 is 5.78. The average molecular weight is 313 g/mol. The van der Waals surface area contributed by atoms with E-state index in [2.05, 4.69) is 22.1 Å². The Bertz CT molecular complexity index is 707. The van der Waals surface area contributed by atoms with E-state index in [0.29, 0.717) is 12.5 Å². The van der Waals surface area contributed by atoms with Crippen LogP contribution in [0.25, 0.3) is 11.4 Å². The summed E-state index contributed by atoms with van der Waals surface area (Å²) in [5.74, 6) is 2.28. The molecule has 0 atom stereocenters. The fourth-order valence-electron chi connectivity index (χ4n) is 2.18. The molecular formula is C18H17ClN2O. The van der Waals surface area contributed by atoms with Crippen LogP contribution >= 0.6 is 11.6 Å². The van der Waals surface area contributed by atoms with Gasteiger partial charge in [0.05, 0.1) is 5.69 Å². The molecule has 0 amide bonds. The molecule has 0 aliphatic heterocycles. The molecule has 0 spiro atoms. The first-order chi connectivity index (χ1) is 10.8. The third-order valence-corrected chi connectivity index (χ3v) is 3.55. The Kier molecular flexibility index (Phi) is 4.76. The molecule has 0 aliphatic rings. The fourth-order valence-corrected chi connectivity index (χ4v) is 2.38. The number of rotatable bonds is 6. The van der Waals surface area contributed by atoms with Gasteiger partial charge in [-0.3, -0.25) is 0 Å². The summed E-state index contributed by atoms with van der Waals surface area (Å²) >= 11 is 5.73. The number of nitrogens with one attached hydrogen (secondary N) is 1. The Hall–Kier alpha value is -2.26. The van der Waals surface area contributed by atoms with Crippen LogP contribution in [0.5, 0.6) is 5.75 Å². The summed E-state index contributed by atoms with van der Waals surface area (Å²) in [6.45, 7) is 0.570. The minimum Gasteiger partial charge on any atom is -0.489 e. The van der Waals surface area contributed by atoms with Gasteiger partial charge in [-0.25, -0.2) is 4.98 Å². The van der Waals surface area contributed by atoms with Crippen LogP contribution in [0.3, 0.4) is 0 Å². The number of imidazole rings is 1. The summed E-state index contributed by atoms with van der Waals surface area (Å²) in [4.78, 5) is 7.69. The van der Waals surface area contributed by atoms with E-state index in [1.165, 1.54) is 0 Å². The maximum Gasteiger partial charge on any atom is 0.137 e. The minimum atomic E-state index is 0.570. The number of aromatic amines is 1. The van der Waals surface area contributed by atoms with Gasteiger partial charge in [0.2, 0.25) is 0 Å². The molecule has 0 saturated heterocycles. The monoisotopic (exact) mass is 312 g/mol.